The maximum absolute atomic E-state index is 12.6. The third-order valence-corrected chi connectivity index (χ3v) is 5.65. The van der Waals surface area contributed by atoms with Gasteiger partial charge in [0.25, 0.3) is 0 Å². The molecule has 2 heterocycles. The Morgan fingerprint density at radius 3 is 2.73 bits per heavy atom. The van der Waals surface area contributed by atoms with E-state index in [-0.39, 0.29) is 12.5 Å². The van der Waals surface area contributed by atoms with E-state index in [0.717, 1.165) is 22.2 Å². The van der Waals surface area contributed by atoms with Crippen LogP contribution in [0, 0.1) is 6.92 Å². The Morgan fingerprint density at radius 1 is 1.17 bits per heavy atom. The van der Waals surface area contributed by atoms with Crippen LogP contribution < -0.4 is 4.90 Å². The number of aromatic nitrogens is 2. The van der Waals surface area contributed by atoms with Gasteiger partial charge >= 0.3 is 5.97 Å². The molecule has 0 unspecified atom stereocenters. The highest BCUT2D eigenvalue weighted by Gasteiger charge is 2.19. The molecule has 0 aliphatic rings. The number of carbonyl (C=O) groups excluding carboxylic acids is 2. The molecule has 152 valence electrons. The van der Waals surface area contributed by atoms with E-state index in [2.05, 4.69) is 4.98 Å². The van der Waals surface area contributed by atoms with E-state index in [1.807, 2.05) is 67.1 Å². The molecule has 30 heavy (non-hydrogen) atoms. The fourth-order valence-corrected chi connectivity index (χ4v) is 4.25. The number of aryl methyl sites for hydroxylation is 2. The van der Waals surface area contributed by atoms with Gasteiger partial charge in [-0.25, -0.2) is 9.78 Å². The quantitative estimate of drug-likeness (QED) is 0.428. The van der Waals surface area contributed by atoms with Crippen LogP contribution in [0.15, 0.2) is 60.1 Å². The van der Waals surface area contributed by atoms with Gasteiger partial charge in [-0.05, 0) is 30.7 Å². The first-order chi connectivity index (χ1) is 14.4. The van der Waals surface area contributed by atoms with Crippen LogP contribution in [0.25, 0.3) is 10.9 Å². The Morgan fingerprint density at radius 2 is 1.97 bits per heavy atom. The second-order valence-corrected chi connectivity index (χ2v) is 7.90. The Kier molecular flexibility index (Phi) is 5.37. The predicted octanol–water partition coefficient (Wildman–Crippen LogP) is 4.98. The molecule has 0 aliphatic carbocycles. The number of ether oxygens (including phenoxy) is 1. The van der Waals surface area contributed by atoms with E-state index in [0.29, 0.717) is 16.4 Å². The number of anilines is 2. The van der Waals surface area contributed by atoms with Crippen molar-refractivity contribution < 1.29 is 14.3 Å². The molecule has 0 aliphatic heterocycles. The minimum absolute atomic E-state index is 0.0398. The van der Waals surface area contributed by atoms with Gasteiger partial charge in [0.1, 0.15) is 6.61 Å². The van der Waals surface area contributed by atoms with Gasteiger partial charge in [0.15, 0.2) is 5.13 Å². The summed E-state index contributed by atoms with van der Waals surface area (Å²) in [6.07, 6.45) is 1.77. The van der Waals surface area contributed by atoms with E-state index in [1.165, 1.54) is 18.3 Å². The molecule has 0 saturated heterocycles. The summed E-state index contributed by atoms with van der Waals surface area (Å²) in [5, 5.41) is 3.20. The number of thiazole rings is 1. The fraction of sp³-hybridized carbons (Fsp3) is 0.174. The van der Waals surface area contributed by atoms with E-state index >= 15 is 0 Å². The van der Waals surface area contributed by atoms with Gasteiger partial charge in [-0.15, -0.1) is 11.3 Å². The molecule has 0 atom stereocenters. The summed E-state index contributed by atoms with van der Waals surface area (Å²) in [4.78, 5) is 31.0. The van der Waals surface area contributed by atoms with Crippen molar-refractivity contribution in [3.8, 4) is 0 Å². The molecule has 0 bridgehead atoms. The van der Waals surface area contributed by atoms with Crippen molar-refractivity contribution in [3.63, 3.8) is 0 Å². The Bertz CT molecular complexity index is 1240. The SMILES string of the molecule is CC(=O)N(c1cccc(C)c1)c1nc(COC(=O)c2cn(C)c3ccccc23)cs1. The Hall–Kier alpha value is -3.45. The van der Waals surface area contributed by atoms with Crippen LogP contribution in [0.1, 0.15) is 28.5 Å². The number of nitrogens with zero attached hydrogens (tertiary/aromatic N) is 3. The Labute approximate surface area is 178 Å². The molecule has 4 rings (SSSR count). The van der Waals surface area contributed by atoms with E-state index < -0.39 is 5.97 Å². The summed E-state index contributed by atoms with van der Waals surface area (Å²) in [6, 6.07) is 15.4. The number of esters is 1. The van der Waals surface area contributed by atoms with Crippen LogP contribution in [0.2, 0.25) is 0 Å². The molecule has 6 nitrogen and oxygen atoms in total. The van der Waals surface area contributed by atoms with Crippen LogP contribution in [-0.2, 0) is 23.2 Å². The molecule has 0 spiro atoms. The molecule has 1 amide bonds. The maximum atomic E-state index is 12.6. The number of hydrogen-bond acceptors (Lipinski definition) is 5. The lowest BCUT2D eigenvalue weighted by Crippen LogP contribution is -2.22. The van der Waals surface area contributed by atoms with Gasteiger partial charge < -0.3 is 9.30 Å². The lowest BCUT2D eigenvalue weighted by atomic mass is 10.2. The van der Waals surface area contributed by atoms with E-state index in [4.69, 9.17) is 4.74 Å². The van der Waals surface area contributed by atoms with Crippen LogP contribution in [-0.4, -0.2) is 21.4 Å². The normalized spacial score (nSPS) is 10.9. The molecule has 0 radical (unpaired) electrons. The zero-order valence-electron chi connectivity index (χ0n) is 17.0. The van der Waals surface area contributed by atoms with Crippen molar-refractivity contribution in [3.05, 3.63) is 76.9 Å². The lowest BCUT2D eigenvalue weighted by Gasteiger charge is -2.18. The van der Waals surface area contributed by atoms with Gasteiger partial charge in [-0.3, -0.25) is 9.69 Å². The highest BCUT2D eigenvalue weighted by Crippen LogP contribution is 2.30. The minimum Gasteiger partial charge on any atom is -0.455 e. The summed E-state index contributed by atoms with van der Waals surface area (Å²) in [5.74, 6) is -0.530. The molecular weight excluding hydrogens is 398 g/mol. The second kappa shape index (κ2) is 8.12. The smallest absolute Gasteiger partial charge is 0.340 e. The average Bonchev–Trinajstić information content (AvgIpc) is 3.31. The zero-order valence-corrected chi connectivity index (χ0v) is 17.8. The molecule has 2 aromatic carbocycles. The Balaban J connectivity index is 1.51. The predicted molar refractivity (Wildman–Crippen MR) is 118 cm³/mol. The number of rotatable bonds is 5. The third kappa shape index (κ3) is 3.84. The number of carbonyl (C=O) groups is 2. The first kappa shape index (κ1) is 19.8. The summed E-state index contributed by atoms with van der Waals surface area (Å²) in [6.45, 7) is 3.52. The first-order valence-electron chi connectivity index (χ1n) is 9.47. The molecule has 4 aromatic rings. The molecule has 0 N–H and O–H groups in total. The van der Waals surface area contributed by atoms with Crippen LogP contribution in [0.3, 0.4) is 0 Å². The standard InChI is InChI=1S/C23H21N3O3S/c1-15-7-6-8-18(11-15)26(16(2)27)23-24-17(14-30-23)13-29-22(28)20-12-25(3)21-10-5-4-9-19(20)21/h4-12,14H,13H2,1-3H3. The van der Waals surface area contributed by atoms with Gasteiger partial charge in [-0.2, -0.15) is 0 Å². The van der Waals surface area contributed by atoms with E-state index in [9.17, 15) is 9.59 Å². The van der Waals surface area contributed by atoms with Gasteiger partial charge in [0.05, 0.1) is 16.9 Å². The van der Waals surface area contributed by atoms with Crippen molar-refractivity contribution in [1.82, 2.24) is 9.55 Å². The van der Waals surface area contributed by atoms with Crippen molar-refractivity contribution in [1.29, 1.82) is 0 Å². The highest BCUT2D eigenvalue weighted by molar-refractivity contribution is 7.14. The lowest BCUT2D eigenvalue weighted by molar-refractivity contribution is -0.115. The summed E-state index contributed by atoms with van der Waals surface area (Å²) in [7, 11) is 1.90. The van der Waals surface area contributed by atoms with Crippen molar-refractivity contribution in [2.45, 2.75) is 20.5 Å². The summed E-state index contributed by atoms with van der Waals surface area (Å²) >= 11 is 1.34. The van der Waals surface area contributed by atoms with Gasteiger partial charge in [0, 0.05) is 36.5 Å². The first-order valence-corrected chi connectivity index (χ1v) is 10.3. The summed E-state index contributed by atoms with van der Waals surface area (Å²) in [5.41, 5.74) is 3.91. The molecule has 0 fully saturated rings. The number of hydrogen-bond donors (Lipinski definition) is 0. The number of amides is 1. The fourth-order valence-electron chi connectivity index (χ4n) is 3.38. The third-order valence-electron chi connectivity index (χ3n) is 4.77. The maximum Gasteiger partial charge on any atom is 0.340 e. The van der Waals surface area contributed by atoms with Crippen molar-refractivity contribution in [2.75, 3.05) is 4.90 Å². The molecule has 7 heteroatoms. The summed E-state index contributed by atoms with van der Waals surface area (Å²) < 4.78 is 7.40. The van der Waals surface area contributed by atoms with E-state index in [1.54, 1.807) is 16.5 Å². The minimum atomic E-state index is -0.400. The van der Waals surface area contributed by atoms with Crippen LogP contribution >= 0.6 is 11.3 Å². The second-order valence-electron chi connectivity index (χ2n) is 7.06. The number of benzene rings is 2. The molecular formula is C23H21N3O3S. The highest BCUT2D eigenvalue weighted by atomic mass is 32.1. The largest absolute Gasteiger partial charge is 0.455 e. The molecule has 2 aromatic heterocycles. The van der Waals surface area contributed by atoms with Crippen molar-refractivity contribution in [2.24, 2.45) is 7.05 Å². The van der Waals surface area contributed by atoms with Gasteiger partial charge in [-0.1, -0.05) is 30.3 Å². The van der Waals surface area contributed by atoms with Gasteiger partial charge in [0.2, 0.25) is 5.91 Å². The zero-order chi connectivity index (χ0) is 21.3. The van der Waals surface area contributed by atoms with Crippen molar-refractivity contribution >= 4 is 44.9 Å². The average molecular weight is 420 g/mol. The van der Waals surface area contributed by atoms with Crippen LogP contribution in [0.5, 0.6) is 0 Å². The van der Waals surface area contributed by atoms with Crippen LogP contribution in [0.4, 0.5) is 10.8 Å². The number of para-hydroxylation sites is 1. The molecule has 0 saturated carbocycles. The monoisotopic (exact) mass is 419 g/mol. The number of fused-ring (bicyclic) bond motifs is 1. The topological polar surface area (TPSA) is 64.4 Å².